The van der Waals surface area contributed by atoms with Crippen molar-refractivity contribution in [3.8, 4) is 0 Å². The number of ketones is 1. The number of hydrogen-bond acceptors (Lipinski definition) is 17. The van der Waals surface area contributed by atoms with E-state index in [1.54, 1.807) is 108 Å². The summed E-state index contributed by atoms with van der Waals surface area (Å²) in [4.78, 5) is 94.6. The minimum atomic E-state index is -1.13. The molecular weight excluding hydrogens is 1160 g/mol. The number of unbranched alkanes of at least 4 members (excludes halogenated alkanes) is 2. The predicted molar refractivity (Wildman–Crippen MR) is 309 cm³/mol. The summed E-state index contributed by atoms with van der Waals surface area (Å²) in [6.07, 6.45) is 3.10. The maximum Gasteiger partial charge on any atom is 1.00 e. The first-order valence-corrected chi connectivity index (χ1v) is 28.2. The molecule has 0 aliphatic rings. The molecule has 0 radical (unpaired) electrons. The third kappa shape index (κ3) is 33.6. The molecule has 2 amide bonds. The van der Waals surface area contributed by atoms with Crippen LogP contribution in [-0.4, -0.2) is 100 Å². The molecule has 0 aliphatic heterocycles. The van der Waals surface area contributed by atoms with Gasteiger partial charge in [-0.1, -0.05) is 93.4 Å². The number of aromatic nitrogens is 2. The number of amides is 2. The Hall–Kier alpha value is -5.47. The predicted octanol–water partition coefficient (Wildman–Crippen LogP) is 7.27. The molecule has 0 N–H and O–H groups in total. The van der Waals surface area contributed by atoms with Gasteiger partial charge in [-0.05, 0) is 121 Å². The number of carbonyl (C=O) groups excluding carboxylic acids is 7. The van der Waals surface area contributed by atoms with E-state index in [1.807, 2.05) is 48.5 Å². The second-order valence-electron chi connectivity index (χ2n) is 21.1. The van der Waals surface area contributed by atoms with Gasteiger partial charge in [0.05, 0.1) is 44.3 Å². The van der Waals surface area contributed by atoms with Crippen molar-refractivity contribution in [3.05, 3.63) is 117 Å². The van der Waals surface area contributed by atoms with Crippen LogP contribution in [0.25, 0.3) is 5.57 Å². The first-order chi connectivity index (χ1) is 37.4. The molecule has 0 bridgehead atoms. The van der Waals surface area contributed by atoms with Gasteiger partial charge in [0.25, 0.3) is 5.78 Å². The van der Waals surface area contributed by atoms with E-state index >= 15 is 0 Å². The van der Waals surface area contributed by atoms with E-state index in [1.165, 1.54) is 23.8 Å². The third-order valence-corrected chi connectivity index (χ3v) is 10.7. The van der Waals surface area contributed by atoms with Crippen LogP contribution in [0.2, 0.25) is 0 Å². The molecule has 19 nitrogen and oxygen atoms in total. The normalized spacial score (nSPS) is 11.7. The molecule has 0 atom stereocenters. The Balaban J connectivity index is 0. The molecule has 0 unspecified atom stereocenters. The van der Waals surface area contributed by atoms with E-state index < -0.39 is 64.5 Å². The van der Waals surface area contributed by atoms with Gasteiger partial charge in [-0.2, -0.15) is 6.42 Å². The Morgan fingerprint density at radius 1 is 0.549 bits per heavy atom. The fraction of sp³-hybridized carbons (Fsp3) is 0.525. The van der Waals surface area contributed by atoms with Crippen molar-refractivity contribution in [2.45, 2.75) is 179 Å². The molecule has 2 aromatic carbocycles. The van der Waals surface area contributed by atoms with Crippen LogP contribution in [0.5, 0.6) is 0 Å². The fourth-order valence-corrected chi connectivity index (χ4v) is 7.37. The smallest absolute Gasteiger partial charge is 1.00 e. The minimum Gasteiger partial charge on any atom is -1.00 e. The van der Waals surface area contributed by atoms with Gasteiger partial charge in [0, 0.05) is 17.4 Å². The molecule has 0 saturated heterocycles. The van der Waals surface area contributed by atoms with Gasteiger partial charge >= 0.3 is 55.2 Å². The van der Waals surface area contributed by atoms with Gasteiger partial charge < -0.3 is 61.8 Å². The van der Waals surface area contributed by atoms with Crippen LogP contribution in [0, 0.1) is 6.92 Å². The zero-order valence-electron chi connectivity index (χ0n) is 51.1. The molecule has 0 saturated carbocycles. The summed E-state index contributed by atoms with van der Waals surface area (Å²) < 4.78 is 44.1. The van der Waals surface area contributed by atoms with Crippen molar-refractivity contribution >= 4 is 70.3 Å². The van der Waals surface area contributed by atoms with Crippen LogP contribution >= 0.6 is 22.7 Å². The number of thiazole rings is 2. The monoisotopic (exact) mass is 1240 g/mol. The number of carbonyl (C=O) groups is 7. The average Bonchev–Trinajstić information content (AvgIpc) is 4.04. The van der Waals surface area contributed by atoms with Crippen molar-refractivity contribution in [3.63, 3.8) is 0 Å². The van der Waals surface area contributed by atoms with E-state index in [2.05, 4.69) is 47.6 Å². The Morgan fingerprint density at radius 2 is 0.927 bits per heavy atom. The summed E-state index contributed by atoms with van der Waals surface area (Å²) in [6.45, 7) is 33.8. The molecule has 0 spiro atoms. The SMILES string of the molecule is CCCCOCc1ccccc1.CCOC(=O)C(=CCCOCc1ccccc1)c1csc(=NC(=O)OC(C)(C)C)n1C(=O)OC(C)(C)C.CCOC(=O)C(=O)c1csc(=NC(=O)OC(C)(C)C)n1C(=O)OC(C)(C)C.[Br-].[CH2-]CCC.[Li+]. The molecule has 452 valence electrons. The first kappa shape index (κ1) is 78.6. The van der Waals surface area contributed by atoms with Crippen molar-refractivity contribution < 1.29 is 107 Å². The van der Waals surface area contributed by atoms with Crippen molar-refractivity contribution in [1.29, 1.82) is 0 Å². The van der Waals surface area contributed by atoms with Gasteiger partial charge in [-0.25, -0.2) is 37.9 Å². The van der Waals surface area contributed by atoms with Crippen LogP contribution in [0.3, 0.4) is 0 Å². The molecule has 2 heterocycles. The summed E-state index contributed by atoms with van der Waals surface area (Å²) in [5, 5.41) is 2.78. The number of halogens is 1. The molecular formula is C59H85BrLiN4O15S2-. The third-order valence-electron chi connectivity index (χ3n) is 9.02. The first-order valence-electron chi connectivity index (χ1n) is 26.4. The van der Waals surface area contributed by atoms with Crippen molar-refractivity contribution in [1.82, 2.24) is 9.13 Å². The largest absolute Gasteiger partial charge is 1.00 e. The van der Waals surface area contributed by atoms with E-state index in [4.69, 9.17) is 33.2 Å². The van der Waals surface area contributed by atoms with Crippen LogP contribution < -0.4 is 45.4 Å². The molecule has 4 aromatic rings. The summed E-state index contributed by atoms with van der Waals surface area (Å²) in [7, 11) is 0. The molecule has 23 heteroatoms. The zero-order valence-corrected chi connectivity index (χ0v) is 54.3. The topological polar surface area (TPSA) is 228 Å². The van der Waals surface area contributed by atoms with E-state index in [0.717, 1.165) is 63.4 Å². The maximum absolute atomic E-state index is 13.2. The Kier molecular flexibility index (Phi) is 38.3. The van der Waals surface area contributed by atoms with Crippen LogP contribution in [0.4, 0.5) is 19.2 Å². The van der Waals surface area contributed by atoms with Gasteiger partial charge in [0.2, 0.25) is 9.60 Å². The van der Waals surface area contributed by atoms with Crippen LogP contribution in [0.1, 0.15) is 170 Å². The summed E-state index contributed by atoms with van der Waals surface area (Å²) in [6, 6.07) is 20.0. The summed E-state index contributed by atoms with van der Waals surface area (Å²) in [5.74, 6) is -2.80. The molecule has 82 heavy (non-hydrogen) atoms. The van der Waals surface area contributed by atoms with E-state index in [9.17, 15) is 33.6 Å². The number of rotatable bonds is 17. The fourth-order valence-electron chi connectivity index (χ4n) is 5.68. The Labute approximate surface area is 515 Å². The second-order valence-corrected chi connectivity index (χ2v) is 22.8. The summed E-state index contributed by atoms with van der Waals surface area (Å²) >= 11 is 1.82. The molecule has 2 aromatic heterocycles. The quantitative estimate of drug-likeness (QED) is 0.0148. The Morgan fingerprint density at radius 3 is 1.30 bits per heavy atom. The number of Topliss-reactive ketones (excluding diaryl/α,β-unsaturated/α-hetero) is 1. The van der Waals surface area contributed by atoms with Crippen LogP contribution in [0.15, 0.2) is 87.5 Å². The number of ether oxygens (including phenoxy) is 8. The average molecular weight is 1240 g/mol. The second kappa shape index (κ2) is 39.9. The molecule has 4 rings (SSSR count). The van der Waals surface area contributed by atoms with Gasteiger partial charge in [-0.3, -0.25) is 4.79 Å². The van der Waals surface area contributed by atoms with Crippen LogP contribution in [-0.2, 0) is 60.7 Å². The number of benzene rings is 2. The van der Waals surface area contributed by atoms with E-state index in [-0.39, 0.29) is 75.6 Å². The number of hydrogen-bond donors (Lipinski definition) is 0. The maximum atomic E-state index is 13.2. The van der Waals surface area contributed by atoms with Gasteiger partial charge in [0.1, 0.15) is 28.1 Å². The van der Waals surface area contributed by atoms with Gasteiger partial charge in [-0.15, -0.1) is 32.7 Å². The van der Waals surface area contributed by atoms with Gasteiger partial charge in [0.15, 0.2) is 0 Å². The Bertz CT molecular complexity index is 2740. The summed E-state index contributed by atoms with van der Waals surface area (Å²) in [5.41, 5.74) is -0.952. The van der Waals surface area contributed by atoms with Crippen molar-refractivity contribution in [2.75, 3.05) is 26.4 Å². The number of esters is 2. The molecule has 0 fully saturated rings. The minimum absolute atomic E-state index is 0. The zero-order chi connectivity index (χ0) is 60.7. The van der Waals surface area contributed by atoms with E-state index in [0.29, 0.717) is 19.6 Å². The van der Waals surface area contributed by atoms with Crippen molar-refractivity contribution in [2.24, 2.45) is 9.98 Å². The molecule has 0 aliphatic carbocycles. The number of nitrogens with zero attached hydrogens (tertiary/aromatic N) is 4. The standard InChI is InChI=1S/C27H36N2O7S.C17H24N2O7S.C11H16O.C4H9.BrH.Li/c1-8-34-22(30)20(15-12-16-33-17-19-13-10-9-11-14-19)21-18-37-23(28-24(31)35-26(2,3)4)29(21)25(32)36-27(5,6)7;1-8-24-12(21)11(20)10-9-27-13(18-14(22)25-16(2,3)4)19(10)15(23)26-17(5,6)7;1-2-3-9-12-10-11-7-5-4-6-8-11;1-3-4-2;;/h9-11,13-15,18H,8,12,16-17H2,1-7H3;9H,8H2,1-7H3;4-8H,2-3,9-10H2,1H3;1,3-4H2,2H3;1H;/q;;;-1;;+1/p-1.